The van der Waals surface area contributed by atoms with E-state index >= 15 is 0 Å². The Bertz CT molecular complexity index is 608. The molecule has 0 bridgehead atoms. The van der Waals surface area contributed by atoms with E-state index in [-0.39, 0.29) is 5.78 Å². The fourth-order valence-electron chi connectivity index (χ4n) is 1.92. The Morgan fingerprint density at radius 2 is 1.09 bits per heavy atom. The van der Waals surface area contributed by atoms with Crippen molar-refractivity contribution in [3.63, 3.8) is 0 Å². The molecule has 0 saturated carbocycles. The van der Waals surface area contributed by atoms with Crippen LogP contribution in [0.15, 0.2) is 72.8 Å². The van der Waals surface area contributed by atoms with Crippen LogP contribution >= 0.6 is 23.2 Å². The minimum Gasteiger partial charge on any atom is -0.290 e. The predicted octanol–water partition coefficient (Wildman–Crippen LogP) is 5.46. The molecule has 0 heterocycles. The smallest absolute Gasteiger partial charge is 0.178 e. The van der Waals surface area contributed by atoms with Crippen LogP contribution in [0, 0.1) is 0 Å². The van der Waals surface area contributed by atoms with Gasteiger partial charge in [0, 0.05) is 10.0 Å². The summed E-state index contributed by atoms with van der Waals surface area (Å²) < 4.78 is 0. The molecule has 0 unspecified atom stereocenters. The topological polar surface area (TPSA) is 17.1 Å². The van der Waals surface area contributed by atoms with Gasteiger partial charge < -0.3 is 0 Å². The molecule has 0 N–H and O–H groups in total. The maximum Gasteiger partial charge on any atom is 0.178 e. The maximum absolute atomic E-state index is 11.7. The van der Waals surface area contributed by atoms with Crippen LogP contribution in [0.1, 0.15) is 11.1 Å². The molecule has 0 radical (unpaired) electrons. The van der Waals surface area contributed by atoms with Crippen molar-refractivity contribution in [3.05, 3.63) is 94.0 Å². The normalized spacial score (nSPS) is 11.4. The van der Waals surface area contributed by atoms with Crippen molar-refractivity contribution >= 4 is 29.0 Å². The molecule has 0 aromatic heterocycles. The first-order chi connectivity index (χ1) is 10.6. The van der Waals surface area contributed by atoms with Gasteiger partial charge in [0.2, 0.25) is 0 Å². The van der Waals surface area contributed by atoms with Gasteiger partial charge >= 0.3 is 0 Å². The minimum atomic E-state index is -0.0112. The van der Waals surface area contributed by atoms with Crippen molar-refractivity contribution in [1.29, 1.82) is 0 Å². The van der Waals surface area contributed by atoms with Crippen LogP contribution in [0.4, 0.5) is 0 Å². The zero-order valence-electron chi connectivity index (χ0n) is 12.0. The van der Waals surface area contributed by atoms with Crippen LogP contribution in [0.5, 0.6) is 0 Å². The number of carbonyl (C=O) groups excluding carboxylic acids is 1. The Morgan fingerprint density at radius 3 is 1.45 bits per heavy atom. The Hall–Kier alpha value is -1.83. The fraction of sp³-hybridized carbons (Fsp3) is 0.105. The van der Waals surface area contributed by atoms with E-state index in [1.807, 2.05) is 60.7 Å². The first-order valence-corrected chi connectivity index (χ1v) is 7.75. The van der Waals surface area contributed by atoms with Gasteiger partial charge in [0.05, 0.1) is 0 Å². The van der Waals surface area contributed by atoms with Crippen molar-refractivity contribution < 1.29 is 4.79 Å². The monoisotopic (exact) mass is 330 g/mol. The number of rotatable bonds is 6. The average Bonchev–Trinajstić information content (AvgIpc) is 2.51. The Labute approximate surface area is 140 Å². The molecule has 2 rings (SSSR count). The molecule has 22 heavy (non-hydrogen) atoms. The van der Waals surface area contributed by atoms with Crippen LogP contribution in [-0.4, -0.2) is 5.78 Å². The summed E-state index contributed by atoms with van der Waals surface area (Å²) in [5, 5.41) is 1.43. The predicted molar refractivity (Wildman–Crippen MR) is 93.6 cm³/mol. The number of allylic oxidation sites excluding steroid dienone is 4. The van der Waals surface area contributed by atoms with E-state index < -0.39 is 0 Å². The molecule has 0 atom stereocenters. The zero-order valence-corrected chi connectivity index (χ0v) is 13.5. The number of halogens is 2. The second-order valence-corrected chi connectivity index (χ2v) is 5.74. The van der Waals surface area contributed by atoms with Crippen LogP contribution in [-0.2, 0) is 17.6 Å². The van der Waals surface area contributed by atoms with E-state index in [0.717, 1.165) is 11.1 Å². The summed E-state index contributed by atoms with van der Waals surface area (Å²) in [5.74, 6) is -0.0112. The molecule has 1 nitrogen and oxygen atoms in total. The van der Waals surface area contributed by atoms with Crippen molar-refractivity contribution in [2.75, 3.05) is 0 Å². The highest BCUT2D eigenvalue weighted by Gasteiger charge is 1.93. The third-order valence-corrected chi connectivity index (χ3v) is 3.60. The Morgan fingerprint density at radius 1 is 0.727 bits per heavy atom. The van der Waals surface area contributed by atoms with Crippen molar-refractivity contribution in [2.45, 2.75) is 12.8 Å². The van der Waals surface area contributed by atoms with E-state index in [1.165, 1.54) is 0 Å². The molecule has 0 aliphatic rings. The largest absolute Gasteiger partial charge is 0.290 e. The van der Waals surface area contributed by atoms with Gasteiger partial charge in [-0.3, -0.25) is 4.79 Å². The van der Waals surface area contributed by atoms with Gasteiger partial charge in [-0.15, -0.1) is 0 Å². The number of benzene rings is 2. The molecule has 0 spiro atoms. The maximum atomic E-state index is 11.7. The lowest BCUT2D eigenvalue weighted by molar-refractivity contribution is -0.110. The lowest BCUT2D eigenvalue weighted by atomic mass is 10.1. The third kappa shape index (κ3) is 5.88. The first kappa shape index (κ1) is 16.5. The molecule has 0 fully saturated rings. The summed E-state index contributed by atoms with van der Waals surface area (Å²) in [5.41, 5.74) is 2.25. The third-order valence-electron chi connectivity index (χ3n) is 3.10. The van der Waals surface area contributed by atoms with Crippen LogP contribution < -0.4 is 0 Å². The standard InChI is InChI=1S/C19H16Cl2O/c20-17-11-7-15(8-12-17)3-1-5-19(22)6-2-4-16-9-13-18(21)14-10-16/h1-2,5-14H,3-4H2. The molecule has 0 aliphatic heterocycles. The fourth-order valence-corrected chi connectivity index (χ4v) is 2.17. The summed E-state index contributed by atoms with van der Waals surface area (Å²) >= 11 is 11.6. The summed E-state index contributed by atoms with van der Waals surface area (Å²) in [7, 11) is 0. The van der Waals surface area contributed by atoms with Gasteiger partial charge in [0.15, 0.2) is 5.78 Å². The van der Waals surface area contributed by atoms with Gasteiger partial charge in [-0.05, 0) is 60.4 Å². The minimum absolute atomic E-state index is 0.0112. The quantitative estimate of drug-likeness (QED) is 0.642. The molecule has 3 heteroatoms. The van der Waals surface area contributed by atoms with E-state index in [1.54, 1.807) is 12.2 Å². The van der Waals surface area contributed by atoms with Crippen molar-refractivity contribution in [2.24, 2.45) is 0 Å². The van der Waals surface area contributed by atoms with Crippen LogP contribution in [0.3, 0.4) is 0 Å². The van der Waals surface area contributed by atoms with Gasteiger partial charge in [0.25, 0.3) is 0 Å². The molecule has 2 aromatic carbocycles. The van der Waals surface area contributed by atoms with Crippen LogP contribution in [0.25, 0.3) is 0 Å². The molecule has 0 amide bonds. The number of hydrogen-bond donors (Lipinski definition) is 0. The summed E-state index contributed by atoms with van der Waals surface area (Å²) in [6, 6.07) is 15.2. The van der Waals surface area contributed by atoms with Crippen molar-refractivity contribution in [1.82, 2.24) is 0 Å². The highest BCUT2D eigenvalue weighted by molar-refractivity contribution is 6.30. The first-order valence-electron chi connectivity index (χ1n) is 6.99. The summed E-state index contributed by atoms with van der Waals surface area (Å²) in [4.78, 5) is 11.7. The second kappa shape index (κ2) is 8.57. The van der Waals surface area contributed by atoms with Gasteiger partial charge in [-0.1, -0.05) is 59.6 Å². The number of hydrogen-bond acceptors (Lipinski definition) is 1. The summed E-state index contributed by atoms with van der Waals surface area (Å²) in [6.07, 6.45) is 8.33. The van der Waals surface area contributed by atoms with E-state index in [9.17, 15) is 4.79 Å². The highest BCUT2D eigenvalue weighted by atomic mass is 35.5. The molecular formula is C19H16Cl2O. The highest BCUT2D eigenvalue weighted by Crippen LogP contribution is 2.11. The number of carbonyl (C=O) groups is 1. The lowest BCUT2D eigenvalue weighted by Gasteiger charge is -1.96. The lowest BCUT2D eigenvalue weighted by Crippen LogP contribution is -1.88. The summed E-state index contributed by atoms with van der Waals surface area (Å²) in [6.45, 7) is 0. The van der Waals surface area contributed by atoms with E-state index in [4.69, 9.17) is 23.2 Å². The molecule has 0 saturated heterocycles. The molecule has 0 aliphatic carbocycles. The Balaban J connectivity index is 1.79. The molecular weight excluding hydrogens is 315 g/mol. The SMILES string of the molecule is O=C(C=CCc1ccc(Cl)cc1)C=CCc1ccc(Cl)cc1. The molecule has 2 aromatic rings. The van der Waals surface area contributed by atoms with Crippen molar-refractivity contribution in [3.8, 4) is 0 Å². The van der Waals surface area contributed by atoms with Crippen LogP contribution in [0.2, 0.25) is 10.0 Å². The van der Waals surface area contributed by atoms with Gasteiger partial charge in [-0.2, -0.15) is 0 Å². The van der Waals surface area contributed by atoms with E-state index in [2.05, 4.69) is 0 Å². The number of ketones is 1. The average molecular weight is 331 g/mol. The van der Waals surface area contributed by atoms with Gasteiger partial charge in [0.1, 0.15) is 0 Å². The zero-order chi connectivity index (χ0) is 15.8. The second-order valence-electron chi connectivity index (χ2n) is 4.87. The van der Waals surface area contributed by atoms with Gasteiger partial charge in [-0.25, -0.2) is 0 Å². The molecule has 112 valence electrons. The van der Waals surface area contributed by atoms with E-state index in [0.29, 0.717) is 22.9 Å². The Kier molecular flexibility index (Phi) is 6.45.